The predicted molar refractivity (Wildman–Crippen MR) is 139 cm³/mol. The Morgan fingerprint density at radius 2 is 2.00 bits per heavy atom. The third-order valence-corrected chi connectivity index (χ3v) is 7.48. The van der Waals surface area contributed by atoms with Gasteiger partial charge in [-0.25, -0.2) is 4.68 Å². The summed E-state index contributed by atoms with van der Waals surface area (Å²) >= 11 is 3.61. The number of hydrogen-bond acceptors (Lipinski definition) is 6. The number of guanidine groups is 1. The summed E-state index contributed by atoms with van der Waals surface area (Å²) in [6, 6.07) is 9.67. The number of pyridine rings is 1. The van der Waals surface area contributed by atoms with Crippen LogP contribution < -0.4 is 15.0 Å². The van der Waals surface area contributed by atoms with Gasteiger partial charge in [-0.1, -0.05) is 15.9 Å². The summed E-state index contributed by atoms with van der Waals surface area (Å²) in [7, 11) is 1.86. The van der Waals surface area contributed by atoms with Crippen molar-refractivity contribution in [3.63, 3.8) is 0 Å². The molecule has 1 atom stereocenters. The quantitative estimate of drug-likeness (QED) is 0.463. The average Bonchev–Trinajstić information content (AvgIpc) is 3.54. The SMILES string of the molecule is Cc1cc2cc(n1)-c1cnn(C)c1OCCC[C@@H](C1CC1)CN1/C(=N/C2=O)Nc2ccc(Br)cc21. The van der Waals surface area contributed by atoms with Crippen LogP contribution in [0.4, 0.5) is 11.4 Å². The maximum atomic E-state index is 13.4. The topological polar surface area (TPSA) is 84.6 Å². The van der Waals surface area contributed by atoms with Crippen molar-refractivity contribution in [2.24, 2.45) is 23.9 Å². The highest BCUT2D eigenvalue weighted by molar-refractivity contribution is 9.10. The molecule has 2 aromatic heterocycles. The van der Waals surface area contributed by atoms with E-state index in [4.69, 9.17) is 4.74 Å². The number of anilines is 2. The lowest BCUT2D eigenvalue weighted by Crippen LogP contribution is -2.36. The van der Waals surface area contributed by atoms with Crippen molar-refractivity contribution in [2.45, 2.75) is 32.6 Å². The Kier molecular flexibility index (Phi) is 5.59. The molecule has 3 aliphatic rings. The predicted octanol–water partition coefficient (Wildman–Crippen LogP) is 5.18. The van der Waals surface area contributed by atoms with Gasteiger partial charge in [0.2, 0.25) is 11.8 Å². The first-order chi connectivity index (χ1) is 17.0. The van der Waals surface area contributed by atoms with E-state index >= 15 is 0 Å². The zero-order valence-electron chi connectivity index (χ0n) is 19.8. The van der Waals surface area contributed by atoms with Gasteiger partial charge in [0.05, 0.1) is 35.4 Å². The summed E-state index contributed by atoms with van der Waals surface area (Å²) < 4.78 is 8.95. The Labute approximate surface area is 212 Å². The molecule has 2 aliphatic heterocycles. The van der Waals surface area contributed by atoms with Crippen LogP contribution in [-0.4, -0.2) is 39.8 Å². The fourth-order valence-electron chi connectivity index (χ4n) is 5.07. The van der Waals surface area contributed by atoms with Crippen LogP contribution in [0.2, 0.25) is 0 Å². The molecule has 6 rings (SSSR count). The normalized spacial score (nSPS) is 21.5. The van der Waals surface area contributed by atoms with Crippen molar-refractivity contribution in [1.29, 1.82) is 0 Å². The van der Waals surface area contributed by atoms with Gasteiger partial charge in [-0.15, -0.1) is 0 Å². The summed E-state index contributed by atoms with van der Waals surface area (Å²) in [6.45, 7) is 3.30. The fourth-order valence-corrected chi connectivity index (χ4v) is 5.41. The van der Waals surface area contributed by atoms with Gasteiger partial charge in [0.1, 0.15) is 0 Å². The molecule has 4 heterocycles. The van der Waals surface area contributed by atoms with E-state index in [1.54, 1.807) is 23.0 Å². The first-order valence-electron chi connectivity index (χ1n) is 12.1. The fraction of sp³-hybridized carbons (Fsp3) is 0.385. The number of ether oxygens (including phenoxy) is 1. The molecule has 1 N–H and O–H groups in total. The van der Waals surface area contributed by atoms with Crippen LogP contribution in [0.3, 0.4) is 0 Å². The van der Waals surface area contributed by atoms with Crippen molar-refractivity contribution in [3.8, 4) is 17.1 Å². The van der Waals surface area contributed by atoms with Gasteiger partial charge in [0, 0.05) is 29.3 Å². The Bertz CT molecular complexity index is 1350. The van der Waals surface area contributed by atoms with E-state index in [2.05, 4.69) is 47.3 Å². The van der Waals surface area contributed by atoms with Crippen LogP contribution in [0.5, 0.6) is 5.88 Å². The lowest BCUT2D eigenvalue weighted by molar-refractivity contribution is 0.100. The zero-order valence-corrected chi connectivity index (χ0v) is 21.4. The van der Waals surface area contributed by atoms with E-state index in [1.807, 2.05) is 26.1 Å². The highest BCUT2D eigenvalue weighted by Crippen LogP contribution is 2.43. The number of amides is 1. The number of carbonyl (C=O) groups excluding carboxylic acids is 1. The molecule has 3 aromatic rings. The summed E-state index contributed by atoms with van der Waals surface area (Å²) in [6.07, 6.45) is 6.25. The van der Waals surface area contributed by atoms with Gasteiger partial charge in [0.15, 0.2) is 0 Å². The number of benzene rings is 1. The third kappa shape index (κ3) is 4.33. The molecule has 8 nitrogen and oxygen atoms in total. The number of hydrogen-bond donors (Lipinski definition) is 1. The van der Waals surface area contributed by atoms with Gasteiger partial charge in [0.25, 0.3) is 5.91 Å². The highest BCUT2D eigenvalue weighted by Gasteiger charge is 2.36. The molecular weight excluding hydrogens is 508 g/mol. The van der Waals surface area contributed by atoms with Crippen LogP contribution in [0, 0.1) is 18.8 Å². The number of nitrogens with one attached hydrogen (secondary N) is 1. The molecule has 0 radical (unpaired) electrons. The van der Waals surface area contributed by atoms with E-state index in [0.717, 1.165) is 46.5 Å². The van der Waals surface area contributed by atoms with E-state index in [0.29, 0.717) is 41.5 Å². The third-order valence-electron chi connectivity index (χ3n) is 6.98. The first-order valence-corrected chi connectivity index (χ1v) is 12.9. The maximum absolute atomic E-state index is 13.4. The number of aryl methyl sites for hydroxylation is 2. The molecule has 0 unspecified atom stereocenters. The van der Waals surface area contributed by atoms with E-state index in [1.165, 1.54) is 12.8 Å². The van der Waals surface area contributed by atoms with E-state index < -0.39 is 0 Å². The zero-order chi connectivity index (χ0) is 24.1. The van der Waals surface area contributed by atoms with Crippen molar-refractivity contribution in [1.82, 2.24) is 14.8 Å². The summed E-state index contributed by atoms with van der Waals surface area (Å²) in [5, 5.41) is 7.78. The summed E-state index contributed by atoms with van der Waals surface area (Å²) in [4.78, 5) is 24.9. The molecule has 1 aliphatic carbocycles. The van der Waals surface area contributed by atoms with Crippen LogP contribution in [-0.2, 0) is 7.05 Å². The number of rotatable bonds is 1. The van der Waals surface area contributed by atoms with Crippen LogP contribution >= 0.6 is 15.9 Å². The molecule has 0 spiro atoms. The van der Waals surface area contributed by atoms with Crippen LogP contribution in [0.1, 0.15) is 41.7 Å². The minimum absolute atomic E-state index is 0.305. The summed E-state index contributed by atoms with van der Waals surface area (Å²) in [5.41, 5.74) is 4.67. The minimum atomic E-state index is -0.305. The number of nitrogens with zero attached hydrogens (tertiary/aromatic N) is 5. The lowest BCUT2D eigenvalue weighted by atomic mass is 9.97. The monoisotopic (exact) mass is 534 g/mol. The molecule has 180 valence electrons. The largest absolute Gasteiger partial charge is 0.477 e. The Morgan fingerprint density at radius 1 is 1.14 bits per heavy atom. The van der Waals surface area contributed by atoms with Gasteiger partial charge in [-0.05, 0) is 74.8 Å². The average molecular weight is 535 g/mol. The van der Waals surface area contributed by atoms with Crippen molar-refractivity contribution < 1.29 is 9.53 Å². The van der Waals surface area contributed by atoms with E-state index in [-0.39, 0.29) is 5.91 Å². The second-order valence-corrected chi connectivity index (χ2v) is 10.5. The smallest absolute Gasteiger partial charge is 0.280 e. The second-order valence-electron chi connectivity index (χ2n) is 9.60. The van der Waals surface area contributed by atoms with Crippen molar-refractivity contribution >= 4 is 39.2 Å². The number of aliphatic imine (C=N–C) groups is 1. The molecule has 35 heavy (non-hydrogen) atoms. The number of halogens is 1. The standard InChI is InChI=1S/C26H27BrN6O2/c1-15-10-18-11-22(29-15)20-13-28-32(2)25(20)35-9-3-4-17(16-5-6-16)14-33-23-12-19(27)7-8-21(23)30-26(33)31-24(18)34/h7-8,10-13,16-17H,3-6,9,14H2,1-2H3,(H,30,31,34)/t17-/m1/s1. The molecule has 0 saturated heterocycles. The summed E-state index contributed by atoms with van der Waals surface area (Å²) in [5.74, 6) is 2.14. The van der Waals surface area contributed by atoms with Gasteiger partial charge in [-0.3, -0.25) is 9.78 Å². The van der Waals surface area contributed by atoms with Crippen molar-refractivity contribution in [3.05, 3.63) is 52.3 Å². The van der Waals surface area contributed by atoms with Crippen LogP contribution in [0.25, 0.3) is 11.3 Å². The number of fused-ring (bicyclic) bond motifs is 7. The molecule has 2 bridgehead atoms. The number of carbonyl (C=O) groups is 1. The molecule has 1 aromatic carbocycles. The number of aromatic nitrogens is 3. The van der Waals surface area contributed by atoms with Gasteiger partial charge >= 0.3 is 0 Å². The Morgan fingerprint density at radius 3 is 2.83 bits per heavy atom. The maximum Gasteiger partial charge on any atom is 0.280 e. The molecule has 1 amide bonds. The van der Waals surface area contributed by atoms with E-state index in [9.17, 15) is 4.79 Å². The Hall–Kier alpha value is -3.20. The minimum Gasteiger partial charge on any atom is -0.477 e. The van der Waals surface area contributed by atoms with Gasteiger partial charge < -0.3 is 15.0 Å². The molecule has 9 heteroatoms. The molecule has 1 fully saturated rings. The molecular formula is C26H27BrN6O2. The highest BCUT2D eigenvalue weighted by atomic mass is 79.9. The van der Waals surface area contributed by atoms with Crippen LogP contribution in [0.15, 0.2) is 46.0 Å². The Balaban J connectivity index is 1.45. The second kappa shape index (κ2) is 8.78. The van der Waals surface area contributed by atoms with Gasteiger partial charge in [-0.2, -0.15) is 10.1 Å². The first kappa shape index (κ1) is 22.3. The lowest BCUT2D eigenvalue weighted by Gasteiger charge is -2.25. The molecule has 1 saturated carbocycles. The van der Waals surface area contributed by atoms with Crippen molar-refractivity contribution in [2.75, 3.05) is 23.4 Å².